The van der Waals surface area contributed by atoms with Crippen molar-refractivity contribution < 1.29 is 14.6 Å². The first kappa shape index (κ1) is 21.0. The number of aliphatic carboxylic acids is 1. The lowest BCUT2D eigenvalue weighted by molar-refractivity contribution is -0.145. The van der Waals surface area contributed by atoms with Crippen molar-refractivity contribution in [3.05, 3.63) is 90.0 Å². The summed E-state index contributed by atoms with van der Waals surface area (Å²) in [5, 5.41) is 9.84. The first-order valence-corrected chi connectivity index (χ1v) is 10.5. The Kier molecular flexibility index (Phi) is 6.65. The van der Waals surface area contributed by atoms with Crippen LogP contribution in [0.5, 0.6) is 5.75 Å². The van der Waals surface area contributed by atoms with Gasteiger partial charge in [-0.25, -0.2) is 4.79 Å². The van der Waals surface area contributed by atoms with E-state index in [9.17, 15) is 9.90 Å². The molecule has 0 spiro atoms. The molecule has 0 aliphatic carbocycles. The Bertz CT molecular complexity index is 961. The molecule has 4 heteroatoms. The largest absolute Gasteiger partial charge is 0.478 e. The van der Waals surface area contributed by atoms with E-state index in [0.29, 0.717) is 12.2 Å². The molecule has 0 saturated heterocycles. The van der Waals surface area contributed by atoms with Crippen molar-refractivity contribution >= 4 is 17.7 Å². The molecule has 3 aromatic carbocycles. The molecule has 0 amide bonds. The van der Waals surface area contributed by atoms with Crippen LogP contribution >= 0.6 is 11.8 Å². The molecule has 29 heavy (non-hydrogen) atoms. The molecule has 3 nitrogen and oxygen atoms in total. The van der Waals surface area contributed by atoms with Crippen molar-refractivity contribution in [2.24, 2.45) is 0 Å². The Morgan fingerprint density at radius 1 is 0.931 bits per heavy atom. The van der Waals surface area contributed by atoms with E-state index in [4.69, 9.17) is 4.74 Å². The lowest BCUT2D eigenvalue weighted by atomic mass is 9.86. The fraction of sp³-hybridized carbons (Fsp3) is 0.240. The highest BCUT2D eigenvalue weighted by atomic mass is 32.2. The SMILES string of the molecule is CC(C)(C)c1ccccc1OC(Cc1ccccc1Sc1ccccc1)C(=O)O. The van der Waals surface area contributed by atoms with E-state index >= 15 is 0 Å². The van der Waals surface area contributed by atoms with Gasteiger partial charge < -0.3 is 9.84 Å². The molecule has 0 fully saturated rings. The van der Waals surface area contributed by atoms with Crippen molar-refractivity contribution in [1.29, 1.82) is 0 Å². The number of hydrogen-bond donors (Lipinski definition) is 1. The van der Waals surface area contributed by atoms with Crippen LogP contribution in [-0.4, -0.2) is 17.2 Å². The molecule has 0 bridgehead atoms. The minimum atomic E-state index is -0.965. The van der Waals surface area contributed by atoms with Gasteiger partial charge in [0.1, 0.15) is 5.75 Å². The van der Waals surface area contributed by atoms with Gasteiger partial charge in [0.05, 0.1) is 0 Å². The average Bonchev–Trinajstić information content (AvgIpc) is 2.69. The summed E-state index contributed by atoms with van der Waals surface area (Å²) < 4.78 is 6.03. The van der Waals surface area contributed by atoms with E-state index in [-0.39, 0.29) is 5.41 Å². The first-order valence-electron chi connectivity index (χ1n) is 9.64. The number of carbonyl (C=O) groups is 1. The zero-order valence-corrected chi connectivity index (χ0v) is 17.8. The topological polar surface area (TPSA) is 46.5 Å². The Morgan fingerprint density at radius 3 is 2.24 bits per heavy atom. The molecule has 1 atom stereocenters. The average molecular weight is 407 g/mol. The smallest absolute Gasteiger partial charge is 0.345 e. The third-order valence-electron chi connectivity index (χ3n) is 4.59. The second-order valence-corrected chi connectivity index (χ2v) is 9.03. The van der Waals surface area contributed by atoms with Crippen molar-refractivity contribution in [1.82, 2.24) is 0 Å². The maximum Gasteiger partial charge on any atom is 0.345 e. The van der Waals surface area contributed by atoms with Crippen LogP contribution < -0.4 is 4.74 Å². The fourth-order valence-corrected chi connectivity index (χ4v) is 4.09. The third kappa shape index (κ3) is 5.64. The molecule has 0 radical (unpaired) electrons. The predicted molar refractivity (Wildman–Crippen MR) is 118 cm³/mol. The van der Waals surface area contributed by atoms with Gasteiger partial charge in [-0.1, -0.05) is 87.1 Å². The van der Waals surface area contributed by atoms with Gasteiger partial charge in [-0.15, -0.1) is 0 Å². The molecule has 0 saturated carbocycles. The maximum atomic E-state index is 12.0. The normalized spacial score (nSPS) is 12.4. The standard InChI is InChI=1S/C25H26O3S/c1-25(2,3)20-14-8-9-15-21(20)28-22(24(26)27)17-18-11-7-10-16-23(18)29-19-12-5-4-6-13-19/h4-16,22H,17H2,1-3H3,(H,26,27). The van der Waals surface area contributed by atoms with Gasteiger partial charge in [0, 0.05) is 16.2 Å². The number of carboxylic acids is 1. The minimum absolute atomic E-state index is 0.138. The van der Waals surface area contributed by atoms with E-state index in [1.54, 1.807) is 11.8 Å². The van der Waals surface area contributed by atoms with Gasteiger partial charge in [-0.3, -0.25) is 0 Å². The van der Waals surface area contributed by atoms with Crippen LogP contribution in [0.1, 0.15) is 31.9 Å². The van der Waals surface area contributed by atoms with Gasteiger partial charge >= 0.3 is 5.97 Å². The molecule has 150 valence electrons. The van der Waals surface area contributed by atoms with E-state index in [1.165, 1.54) is 0 Å². The molecule has 0 heterocycles. The van der Waals surface area contributed by atoms with E-state index < -0.39 is 12.1 Å². The number of hydrogen-bond acceptors (Lipinski definition) is 3. The summed E-state index contributed by atoms with van der Waals surface area (Å²) in [5.74, 6) is -0.339. The number of ether oxygens (including phenoxy) is 1. The van der Waals surface area contributed by atoms with Crippen LogP contribution in [-0.2, 0) is 16.6 Å². The Morgan fingerprint density at radius 2 is 1.55 bits per heavy atom. The second-order valence-electron chi connectivity index (χ2n) is 7.92. The maximum absolute atomic E-state index is 12.0. The highest BCUT2D eigenvalue weighted by Crippen LogP contribution is 2.34. The highest BCUT2D eigenvalue weighted by Gasteiger charge is 2.25. The summed E-state index contributed by atoms with van der Waals surface area (Å²) in [6.45, 7) is 6.28. The summed E-state index contributed by atoms with van der Waals surface area (Å²) in [6, 6.07) is 25.7. The summed E-state index contributed by atoms with van der Waals surface area (Å²) in [7, 11) is 0. The molecule has 0 aliphatic heterocycles. The number of rotatable bonds is 7. The summed E-state index contributed by atoms with van der Waals surface area (Å²) in [5.41, 5.74) is 1.82. The van der Waals surface area contributed by atoms with E-state index in [0.717, 1.165) is 20.9 Å². The molecule has 0 aromatic heterocycles. The van der Waals surface area contributed by atoms with Crippen LogP contribution in [0.3, 0.4) is 0 Å². The Balaban J connectivity index is 1.85. The molecular weight excluding hydrogens is 380 g/mol. The lowest BCUT2D eigenvalue weighted by Crippen LogP contribution is -2.30. The predicted octanol–water partition coefficient (Wildman–Crippen LogP) is 6.21. The van der Waals surface area contributed by atoms with Crippen LogP contribution in [0.4, 0.5) is 0 Å². The van der Waals surface area contributed by atoms with Gasteiger partial charge in [-0.2, -0.15) is 0 Å². The zero-order valence-electron chi connectivity index (χ0n) is 17.0. The van der Waals surface area contributed by atoms with Crippen molar-refractivity contribution in [3.63, 3.8) is 0 Å². The van der Waals surface area contributed by atoms with Gasteiger partial charge in [0.25, 0.3) is 0 Å². The van der Waals surface area contributed by atoms with Crippen LogP contribution in [0.15, 0.2) is 88.7 Å². The summed E-state index contributed by atoms with van der Waals surface area (Å²) in [4.78, 5) is 14.2. The van der Waals surface area contributed by atoms with E-state index in [1.807, 2.05) is 78.9 Å². The van der Waals surface area contributed by atoms with Crippen molar-refractivity contribution in [2.75, 3.05) is 0 Å². The summed E-state index contributed by atoms with van der Waals surface area (Å²) >= 11 is 1.63. The monoisotopic (exact) mass is 406 g/mol. The van der Waals surface area contributed by atoms with Crippen LogP contribution in [0.25, 0.3) is 0 Å². The second kappa shape index (κ2) is 9.19. The zero-order chi connectivity index (χ0) is 20.9. The molecule has 1 unspecified atom stereocenters. The van der Waals surface area contributed by atoms with Gasteiger partial charge in [0.15, 0.2) is 6.10 Å². The highest BCUT2D eigenvalue weighted by molar-refractivity contribution is 7.99. The third-order valence-corrected chi connectivity index (χ3v) is 5.71. The molecular formula is C25H26O3S. The molecule has 3 rings (SSSR count). The first-order chi connectivity index (χ1) is 13.8. The van der Waals surface area contributed by atoms with Gasteiger partial charge in [0.2, 0.25) is 0 Å². The lowest BCUT2D eigenvalue weighted by Gasteiger charge is -2.25. The van der Waals surface area contributed by atoms with Crippen molar-refractivity contribution in [3.8, 4) is 5.75 Å². The molecule has 0 aliphatic rings. The Hall–Kier alpha value is -2.72. The summed E-state index contributed by atoms with van der Waals surface area (Å²) in [6.07, 6.45) is -0.667. The number of para-hydroxylation sites is 1. The Labute approximate surface area is 176 Å². The number of carboxylic acid groups (broad SMARTS) is 1. The number of benzene rings is 3. The molecule has 3 aromatic rings. The molecule has 1 N–H and O–H groups in total. The fourth-order valence-electron chi connectivity index (χ4n) is 3.11. The van der Waals surface area contributed by atoms with Gasteiger partial charge in [-0.05, 0) is 40.8 Å². The van der Waals surface area contributed by atoms with E-state index in [2.05, 4.69) is 20.8 Å². The van der Waals surface area contributed by atoms with Crippen LogP contribution in [0, 0.1) is 0 Å². The minimum Gasteiger partial charge on any atom is -0.478 e. The van der Waals surface area contributed by atoms with Crippen molar-refractivity contribution in [2.45, 2.75) is 48.5 Å². The van der Waals surface area contributed by atoms with Crippen LogP contribution in [0.2, 0.25) is 0 Å². The quantitative estimate of drug-likeness (QED) is 0.507.